The van der Waals surface area contributed by atoms with Gasteiger partial charge in [0.05, 0.1) is 6.54 Å². The molecule has 0 bridgehead atoms. The Morgan fingerprint density at radius 1 is 1.25 bits per heavy atom. The van der Waals surface area contributed by atoms with Crippen LogP contribution in [0.5, 0.6) is 0 Å². The maximum absolute atomic E-state index is 12.5. The summed E-state index contributed by atoms with van der Waals surface area (Å²) >= 11 is 0. The number of aryl methyl sites for hydroxylation is 2. The van der Waals surface area contributed by atoms with E-state index in [9.17, 15) is 9.59 Å². The van der Waals surface area contributed by atoms with Crippen LogP contribution in [0.2, 0.25) is 0 Å². The molecule has 0 radical (unpaired) electrons. The van der Waals surface area contributed by atoms with E-state index in [1.807, 2.05) is 4.90 Å². The topological polar surface area (TPSA) is 61.4 Å². The van der Waals surface area contributed by atoms with Crippen LogP contribution in [0.15, 0.2) is 18.2 Å². The van der Waals surface area contributed by atoms with Gasteiger partial charge < -0.3 is 15.5 Å². The minimum atomic E-state index is -0.0311. The van der Waals surface area contributed by atoms with Crippen molar-refractivity contribution in [2.24, 2.45) is 0 Å². The number of hydrogen-bond donors (Lipinski definition) is 2. The van der Waals surface area contributed by atoms with E-state index in [4.69, 9.17) is 0 Å². The highest BCUT2D eigenvalue weighted by Gasteiger charge is 2.23. The molecule has 2 rings (SSSR count). The normalized spacial score (nSPS) is 17.5. The first-order chi connectivity index (χ1) is 11.5. The van der Waals surface area contributed by atoms with Gasteiger partial charge in [-0.1, -0.05) is 26.0 Å². The zero-order valence-corrected chi connectivity index (χ0v) is 15.0. The number of benzene rings is 1. The molecule has 5 nitrogen and oxygen atoms in total. The number of hydrogen-bond acceptors (Lipinski definition) is 3. The molecule has 1 saturated heterocycles. The van der Waals surface area contributed by atoms with E-state index in [1.165, 1.54) is 18.1 Å². The molecule has 2 N–H and O–H groups in total. The van der Waals surface area contributed by atoms with Crippen molar-refractivity contribution in [3.05, 3.63) is 29.3 Å². The zero-order valence-electron chi connectivity index (χ0n) is 15.0. The number of nitrogens with zero attached hydrogens (tertiary/aromatic N) is 1. The Labute approximate surface area is 144 Å². The highest BCUT2D eigenvalue weighted by Crippen LogP contribution is 2.19. The second kappa shape index (κ2) is 8.71. The van der Waals surface area contributed by atoms with E-state index in [0.717, 1.165) is 37.9 Å². The maximum atomic E-state index is 12.5. The van der Waals surface area contributed by atoms with Crippen LogP contribution in [0.25, 0.3) is 0 Å². The zero-order chi connectivity index (χ0) is 17.5. The summed E-state index contributed by atoms with van der Waals surface area (Å²) in [6.45, 7) is 7.45. The van der Waals surface area contributed by atoms with Gasteiger partial charge in [-0.25, -0.2) is 0 Å². The van der Waals surface area contributed by atoms with E-state index < -0.39 is 0 Å². The summed E-state index contributed by atoms with van der Waals surface area (Å²) in [4.78, 5) is 25.6. The first kappa shape index (κ1) is 18.3. The smallest absolute Gasteiger partial charge is 0.241 e. The van der Waals surface area contributed by atoms with E-state index in [0.29, 0.717) is 13.1 Å². The van der Waals surface area contributed by atoms with Crippen LogP contribution in [0.3, 0.4) is 0 Å². The summed E-state index contributed by atoms with van der Waals surface area (Å²) in [5, 5.41) is 6.23. The first-order valence-electron chi connectivity index (χ1n) is 8.94. The van der Waals surface area contributed by atoms with Crippen molar-refractivity contribution in [3.63, 3.8) is 0 Å². The van der Waals surface area contributed by atoms with E-state index >= 15 is 0 Å². The maximum Gasteiger partial charge on any atom is 0.241 e. The monoisotopic (exact) mass is 331 g/mol. The van der Waals surface area contributed by atoms with Gasteiger partial charge >= 0.3 is 0 Å². The van der Waals surface area contributed by atoms with Gasteiger partial charge in [-0.15, -0.1) is 0 Å². The number of carbonyl (C=O) groups is 2. The second-order valence-corrected chi connectivity index (χ2v) is 6.43. The molecular formula is C19H29N3O2. The highest BCUT2D eigenvalue weighted by molar-refractivity contribution is 5.81. The number of piperidine rings is 1. The molecule has 1 aliphatic heterocycles. The molecule has 1 aliphatic rings. The van der Waals surface area contributed by atoms with Gasteiger partial charge in [-0.05, 0) is 42.9 Å². The Balaban J connectivity index is 1.94. The van der Waals surface area contributed by atoms with Gasteiger partial charge in [0.1, 0.15) is 0 Å². The van der Waals surface area contributed by atoms with Crippen molar-refractivity contribution in [1.82, 2.24) is 10.2 Å². The largest absolute Gasteiger partial charge is 0.376 e. The average Bonchev–Trinajstić information content (AvgIpc) is 2.59. The van der Waals surface area contributed by atoms with Gasteiger partial charge in [0.2, 0.25) is 11.8 Å². The Morgan fingerprint density at radius 2 is 2.04 bits per heavy atom. The van der Waals surface area contributed by atoms with Crippen LogP contribution < -0.4 is 10.6 Å². The summed E-state index contributed by atoms with van der Waals surface area (Å²) in [7, 11) is 0. The van der Waals surface area contributed by atoms with Crippen molar-refractivity contribution in [2.45, 2.75) is 52.5 Å². The van der Waals surface area contributed by atoms with Crippen molar-refractivity contribution < 1.29 is 9.59 Å². The van der Waals surface area contributed by atoms with Crippen molar-refractivity contribution >= 4 is 17.5 Å². The van der Waals surface area contributed by atoms with Crippen molar-refractivity contribution in [1.29, 1.82) is 0 Å². The summed E-state index contributed by atoms with van der Waals surface area (Å²) in [5.41, 5.74) is 3.56. The fraction of sp³-hybridized carbons (Fsp3) is 0.579. The SMILES string of the molecule is CCc1ccc(CC)c(NCC(=O)N2CCC[C@@H](NC(C)=O)C2)c1. The minimum Gasteiger partial charge on any atom is -0.376 e. The molecule has 0 unspecified atom stereocenters. The molecule has 1 atom stereocenters. The second-order valence-electron chi connectivity index (χ2n) is 6.43. The van der Waals surface area contributed by atoms with Crippen LogP contribution in [-0.4, -0.2) is 42.4 Å². The third kappa shape index (κ3) is 4.98. The van der Waals surface area contributed by atoms with Crippen LogP contribution in [0, 0.1) is 0 Å². The van der Waals surface area contributed by atoms with Crippen LogP contribution in [-0.2, 0) is 22.4 Å². The standard InChI is InChI=1S/C19H29N3O2/c1-4-15-8-9-16(5-2)18(11-15)20-12-19(24)22-10-6-7-17(13-22)21-14(3)23/h8-9,11,17,20H,4-7,10,12-13H2,1-3H3,(H,21,23)/t17-/m1/s1. The van der Waals surface area contributed by atoms with Gasteiger partial charge in [-0.2, -0.15) is 0 Å². The van der Waals surface area contributed by atoms with Crippen molar-refractivity contribution in [3.8, 4) is 0 Å². The molecule has 1 aromatic rings. The molecule has 0 spiro atoms. The number of nitrogens with one attached hydrogen (secondary N) is 2. The third-order valence-corrected chi connectivity index (χ3v) is 4.57. The molecule has 2 amide bonds. The lowest BCUT2D eigenvalue weighted by Gasteiger charge is -2.33. The van der Waals surface area contributed by atoms with Crippen LogP contribution >= 0.6 is 0 Å². The van der Waals surface area contributed by atoms with Crippen LogP contribution in [0.1, 0.15) is 44.7 Å². The minimum absolute atomic E-state index is 0.0311. The summed E-state index contributed by atoms with van der Waals surface area (Å²) in [6, 6.07) is 6.51. The molecule has 0 aromatic heterocycles. The first-order valence-corrected chi connectivity index (χ1v) is 8.94. The molecule has 1 heterocycles. The molecule has 24 heavy (non-hydrogen) atoms. The molecule has 132 valence electrons. The number of anilines is 1. The van der Waals surface area contributed by atoms with E-state index in [-0.39, 0.29) is 17.9 Å². The summed E-state index contributed by atoms with van der Waals surface area (Å²) in [6.07, 6.45) is 3.80. The fourth-order valence-corrected chi connectivity index (χ4v) is 3.21. The summed E-state index contributed by atoms with van der Waals surface area (Å²) < 4.78 is 0. The Morgan fingerprint density at radius 3 is 2.71 bits per heavy atom. The number of rotatable bonds is 6. The molecule has 1 aromatic carbocycles. The predicted octanol–water partition coefficient (Wildman–Crippen LogP) is 2.35. The summed E-state index contributed by atoms with van der Waals surface area (Å²) in [5.74, 6) is 0.0606. The predicted molar refractivity (Wildman–Crippen MR) is 97.1 cm³/mol. The van der Waals surface area contributed by atoms with E-state index in [2.05, 4.69) is 42.7 Å². The molecular weight excluding hydrogens is 302 g/mol. The van der Waals surface area contributed by atoms with Gasteiger partial charge in [0.15, 0.2) is 0 Å². The molecule has 0 saturated carbocycles. The quantitative estimate of drug-likeness (QED) is 0.841. The lowest BCUT2D eigenvalue weighted by atomic mass is 10.0. The molecule has 1 fully saturated rings. The Kier molecular flexibility index (Phi) is 6.64. The molecule has 5 heteroatoms. The van der Waals surface area contributed by atoms with Crippen molar-refractivity contribution in [2.75, 3.05) is 25.0 Å². The fourth-order valence-electron chi connectivity index (χ4n) is 3.21. The lowest BCUT2D eigenvalue weighted by Crippen LogP contribution is -2.50. The third-order valence-electron chi connectivity index (χ3n) is 4.57. The highest BCUT2D eigenvalue weighted by atomic mass is 16.2. The molecule has 0 aliphatic carbocycles. The number of amides is 2. The number of carbonyl (C=O) groups excluding carboxylic acids is 2. The van der Waals surface area contributed by atoms with Gasteiger partial charge in [-0.3, -0.25) is 9.59 Å². The lowest BCUT2D eigenvalue weighted by molar-refractivity contribution is -0.131. The average molecular weight is 331 g/mol. The number of likely N-dealkylation sites (tertiary alicyclic amines) is 1. The Bertz CT molecular complexity index is 586. The Hall–Kier alpha value is -2.04. The van der Waals surface area contributed by atoms with Crippen LogP contribution in [0.4, 0.5) is 5.69 Å². The van der Waals surface area contributed by atoms with Gasteiger partial charge in [0, 0.05) is 31.7 Å². The van der Waals surface area contributed by atoms with Gasteiger partial charge in [0.25, 0.3) is 0 Å². The van der Waals surface area contributed by atoms with E-state index in [1.54, 1.807) is 0 Å².